The molecular weight excluding hydrogens is 263 g/mol. The molecule has 2 aromatic carbocycles. The number of hydrogen-bond donors (Lipinski definition) is 1. The number of carbonyl (C=O) groups is 1. The molecule has 4 nitrogen and oxygen atoms in total. The Kier molecular flexibility index (Phi) is 3.89. The van der Waals surface area contributed by atoms with E-state index in [1.54, 1.807) is 0 Å². The summed E-state index contributed by atoms with van der Waals surface area (Å²) in [5, 5.41) is 10.1. The fraction of sp³-hybridized carbons (Fsp3) is 0.133. The van der Waals surface area contributed by atoms with Crippen LogP contribution in [0.5, 0.6) is 17.2 Å². The first-order chi connectivity index (χ1) is 9.58. The highest BCUT2D eigenvalue weighted by molar-refractivity contribution is 6.11. The molecule has 0 radical (unpaired) electrons. The first-order valence-electron chi connectivity index (χ1n) is 5.82. The molecule has 0 aromatic heterocycles. The number of benzene rings is 2. The molecule has 0 aliphatic heterocycles. The first kappa shape index (κ1) is 13.9. The molecule has 0 amide bonds. The lowest BCUT2D eigenvalue weighted by atomic mass is 10.0. The van der Waals surface area contributed by atoms with Crippen LogP contribution < -0.4 is 9.47 Å². The summed E-state index contributed by atoms with van der Waals surface area (Å²) in [6.45, 7) is 0. The maximum Gasteiger partial charge on any atom is 0.203 e. The number of methoxy groups -OCH3 is 2. The maximum absolute atomic E-state index is 12.9. The lowest BCUT2D eigenvalue weighted by Gasteiger charge is -2.12. The van der Waals surface area contributed by atoms with Crippen LogP contribution >= 0.6 is 0 Å². The average Bonchev–Trinajstić information content (AvgIpc) is 2.47. The molecule has 0 unspecified atom stereocenters. The van der Waals surface area contributed by atoms with Crippen LogP contribution in [-0.2, 0) is 0 Å². The van der Waals surface area contributed by atoms with Crippen LogP contribution in [0.3, 0.4) is 0 Å². The highest BCUT2D eigenvalue weighted by Gasteiger charge is 2.20. The zero-order valence-electron chi connectivity index (χ0n) is 11.0. The summed E-state index contributed by atoms with van der Waals surface area (Å²) in [7, 11) is 2.79. The molecule has 2 aromatic rings. The van der Waals surface area contributed by atoms with Crippen LogP contribution in [0, 0.1) is 5.82 Å². The van der Waals surface area contributed by atoms with Crippen molar-refractivity contribution < 1.29 is 23.8 Å². The highest BCUT2D eigenvalue weighted by atomic mass is 19.1. The van der Waals surface area contributed by atoms with Gasteiger partial charge in [-0.1, -0.05) is 0 Å². The molecule has 0 saturated carbocycles. The van der Waals surface area contributed by atoms with Gasteiger partial charge in [0.2, 0.25) is 5.75 Å². The monoisotopic (exact) mass is 276 g/mol. The summed E-state index contributed by atoms with van der Waals surface area (Å²) in [5.41, 5.74) is 0.336. The number of ether oxygens (including phenoxy) is 2. The van der Waals surface area contributed by atoms with E-state index >= 15 is 0 Å². The van der Waals surface area contributed by atoms with Gasteiger partial charge >= 0.3 is 0 Å². The largest absolute Gasteiger partial charge is 0.504 e. The molecule has 0 saturated heterocycles. The maximum atomic E-state index is 12.9. The van der Waals surface area contributed by atoms with E-state index in [2.05, 4.69) is 0 Å². The summed E-state index contributed by atoms with van der Waals surface area (Å²) < 4.78 is 22.9. The summed E-state index contributed by atoms with van der Waals surface area (Å²) in [4.78, 5) is 12.3. The van der Waals surface area contributed by atoms with Crippen molar-refractivity contribution in [1.29, 1.82) is 0 Å². The molecule has 104 valence electrons. The smallest absolute Gasteiger partial charge is 0.203 e. The van der Waals surface area contributed by atoms with E-state index < -0.39 is 11.6 Å². The molecule has 20 heavy (non-hydrogen) atoms. The third kappa shape index (κ3) is 2.42. The van der Waals surface area contributed by atoms with Gasteiger partial charge in [0.25, 0.3) is 0 Å². The first-order valence-corrected chi connectivity index (χ1v) is 5.82. The molecule has 2 rings (SSSR count). The van der Waals surface area contributed by atoms with Crippen molar-refractivity contribution in [3.05, 3.63) is 53.3 Å². The molecule has 1 N–H and O–H groups in total. The zero-order chi connectivity index (χ0) is 14.7. The van der Waals surface area contributed by atoms with Crippen molar-refractivity contribution >= 4 is 5.78 Å². The summed E-state index contributed by atoms with van der Waals surface area (Å²) in [6, 6.07) is 8.04. The Balaban J connectivity index is 2.47. The van der Waals surface area contributed by atoms with Gasteiger partial charge in [0, 0.05) is 5.56 Å². The second-order valence-electron chi connectivity index (χ2n) is 4.03. The SMILES string of the molecule is COc1ccc(C(=O)c2ccc(F)cc2)c(O)c1OC. The minimum atomic E-state index is -0.432. The van der Waals surface area contributed by atoms with Crippen molar-refractivity contribution in [2.45, 2.75) is 0 Å². The molecule has 0 spiro atoms. The van der Waals surface area contributed by atoms with E-state index in [1.807, 2.05) is 0 Å². The number of aromatic hydroxyl groups is 1. The van der Waals surface area contributed by atoms with Crippen LogP contribution in [0.15, 0.2) is 36.4 Å². The third-order valence-corrected chi connectivity index (χ3v) is 2.87. The number of phenols is 1. The second kappa shape index (κ2) is 5.61. The lowest BCUT2D eigenvalue weighted by Crippen LogP contribution is -2.03. The van der Waals surface area contributed by atoms with Gasteiger partial charge < -0.3 is 14.6 Å². The van der Waals surface area contributed by atoms with Crippen LogP contribution in [0.1, 0.15) is 15.9 Å². The van der Waals surface area contributed by atoms with Crippen molar-refractivity contribution in [2.75, 3.05) is 14.2 Å². The van der Waals surface area contributed by atoms with E-state index in [0.29, 0.717) is 5.75 Å². The summed E-state index contributed by atoms with van der Waals surface area (Å²) in [5.74, 6) is -0.760. The quantitative estimate of drug-likeness (QED) is 0.872. The zero-order valence-corrected chi connectivity index (χ0v) is 11.0. The Labute approximate surface area is 115 Å². The summed E-state index contributed by atoms with van der Waals surface area (Å²) >= 11 is 0. The molecule has 0 heterocycles. The van der Waals surface area contributed by atoms with Gasteiger partial charge in [-0.15, -0.1) is 0 Å². The van der Waals surface area contributed by atoms with Crippen molar-refractivity contribution in [3.8, 4) is 17.2 Å². The van der Waals surface area contributed by atoms with Crippen LogP contribution in [0.4, 0.5) is 4.39 Å². The van der Waals surface area contributed by atoms with E-state index in [0.717, 1.165) is 0 Å². The van der Waals surface area contributed by atoms with Crippen molar-refractivity contribution in [2.24, 2.45) is 0 Å². The average molecular weight is 276 g/mol. The minimum absolute atomic E-state index is 0.0641. The Morgan fingerprint density at radius 2 is 1.70 bits per heavy atom. The van der Waals surface area contributed by atoms with Gasteiger partial charge in [0.05, 0.1) is 19.8 Å². The molecule has 5 heteroatoms. The fourth-order valence-electron chi connectivity index (χ4n) is 1.85. The summed E-state index contributed by atoms with van der Waals surface area (Å²) in [6.07, 6.45) is 0. The number of carbonyl (C=O) groups excluding carboxylic acids is 1. The number of rotatable bonds is 4. The molecule has 0 fully saturated rings. The molecular formula is C15H13FO4. The standard InChI is InChI=1S/C15H13FO4/c1-19-12-8-7-11(14(18)15(12)20-2)13(17)9-3-5-10(16)6-4-9/h3-8,18H,1-2H3. The van der Waals surface area contributed by atoms with E-state index in [1.165, 1.54) is 50.6 Å². The van der Waals surface area contributed by atoms with Crippen molar-refractivity contribution in [3.63, 3.8) is 0 Å². The van der Waals surface area contributed by atoms with Crippen LogP contribution in [0.2, 0.25) is 0 Å². The van der Waals surface area contributed by atoms with Gasteiger partial charge in [0.1, 0.15) is 5.82 Å². The molecule has 0 atom stereocenters. The topological polar surface area (TPSA) is 55.8 Å². The number of phenolic OH excluding ortho intramolecular Hbond substituents is 1. The molecule has 0 aliphatic rings. The Hall–Kier alpha value is -2.56. The van der Waals surface area contributed by atoms with Gasteiger partial charge in [-0.25, -0.2) is 4.39 Å². The minimum Gasteiger partial charge on any atom is -0.504 e. The number of ketones is 1. The highest BCUT2D eigenvalue weighted by Crippen LogP contribution is 2.39. The predicted molar refractivity (Wildman–Crippen MR) is 71.0 cm³/mol. The van der Waals surface area contributed by atoms with Crippen molar-refractivity contribution in [1.82, 2.24) is 0 Å². The Morgan fingerprint density at radius 1 is 1.05 bits per heavy atom. The normalized spacial score (nSPS) is 10.2. The number of hydrogen-bond acceptors (Lipinski definition) is 4. The van der Waals surface area contributed by atoms with E-state index in [-0.39, 0.29) is 22.6 Å². The van der Waals surface area contributed by atoms with E-state index in [9.17, 15) is 14.3 Å². The molecule has 0 bridgehead atoms. The van der Waals surface area contributed by atoms with Gasteiger partial charge in [-0.2, -0.15) is 0 Å². The van der Waals surface area contributed by atoms with Gasteiger partial charge in [-0.3, -0.25) is 4.79 Å². The Bertz CT molecular complexity index is 635. The van der Waals surface area contributed by atoms with Crippen LogP contribution in [0.25, 0.3) is 0 Å². The fourth-order valence-corrected chi connectivity index (χ4v) is 1.85. The van der Waals surface area contributed by atoms with Gasteiger partial charge in [0.15, 0.2) is 17.3 Å². The third-order valence-electron chi connectivity index (χ3n) is 2.87. The Morgan fingerprint density at radius 3 is 2.25 bits per heavy atom. The molecule has 0 aliphatic carbocycles. The lowest BCUT2D eigenvalue weighted by molar-refractivity contribution is 0.103. The van der Waals surface area contributed by atoms with Crippen LogP contribution in [-0.4, -0.2) is 25.1 Å². The van der Waals surface area contributed by atoms with Gasteiger partial charge in [-0.05, 0) is 36.4 Å². The van der Waals surface area contributed by atoms with E-state index in [4.69, 9.17) is 9.47 Å². The second-order valence-corrected chi connectivity index (χ2v) is 4.03. The number of halogens is 1. The predicted octanol–water partition coefficient (Wildman–Crippen LogP) is 2.78.